The first-order valence-corrected chi connectivity index (χ1v) is 7.04. The van der Waals surface area contributed by atoms with Gasteiger partial charge < -0.3 is 10.6 Å². The molecular formula is C13H24N2OS. The summed E-state index contributed by atoms with van der Waals surface area (Å²) < 4.78 is 0. The first kappa shape index (κ1) is 14.4. The molecule has 0 aromatic rings. The number of rotatable bonds is 6. The topological polar surface area (TPSA) is 46.3 Å². The fourth-order valence-electron chi connectivity index (χ4n) is 2.75. The third-order valence-corrected chi connectivity index (χ3v) is 4.19. The van der Waals surface area contributed by atoms with E-state index < -0.39 is 0 Å². The summed E-state index contributed by atoms with van der Waals surface area (Å²) in [4.78, 5) is 15.0. The Morgan fingerprint density at radius 1 is 1.35 bits per heavy atom. The van der Waals surface area contributed by atoms with Crippen LogP contribution >= 0.6 is 12.2 Å². The van der Waals surface area contributed by atoms with Gasteiger partial charge in [-0.1, -0.05) is 32.0 Å². The van der Waals surface area contributed by atoms with Crippen LogP contribution in [0.3, 0.4) is 0 Å². The molecule has 0 heterocycles. The maximum Gasteiger partial charge on any atom is 0.228 e. The van der Waals surface area contributed by atoms with Gasteiger partial charge >= 0.3 is 0 Å². The van der Waals surface area contributed by atoms with Crippen molar-refractivity contribution in [1.29, 1.82) is 0 Å². The van der Waals surface area contributed by atoms with Gasteiger partial charge in [-0.3, -0.25) is 4.79 Å². The molecule has 1 rings (SSSR count). The number of carbonyl (C=O) groups is 1. The number of thiocarbonyl (C=S) groups is 1. The molecule has 1 fully saturated rings. The minimum Gasteiger partial charge on any atom is -0.393 e. The van der Waals surface area contributed by atoms with Crippen LogP contribution in [0.15, 0.2) is 0 Å². The molecule has 17 heavy (non-hydrogen) atoms. The van der Waals surface area contributed by atoms with Crippen molar-refractivity contribution < 1.29 is 4.79 Å². The minimum absolute atomic E-state index is 0.0910. The van der Waals surface area contributed by atoms with Crippen LogP contribution in [-0.2, 0) is 4.79 Å². The minimum atomic E-state index is -0.0910. The van der Waals surface area contributed by atoms with Crippen molar-refractivity contribution in [2.75, 3.05) is 13.1 Å². The van der Waals surface area contributed by atoms with Crippen molar-refractivity contribution >= 4 is 23.1 Å². The van der Waals surface area contributed by atoms with E-state index in [0.29, 0.717) is 23.9 Å². The third-order valence-electron chi connectivity index (χ3n) is 3.99. The van der Waals surface area contributed by atoms with Gasteiger partial charge in [0.05, 0.1) is 4.99 Å². The predicted octanol–water partition coefficient (Wildman–Crippen LogP) is 2.48. The van der Waals surface area contributed by atoms with Crippen molar-refractivity contribution in [2.24, 2.45) is 11.1 Å². The molecule has 0 bridgehead atoms. The van der Waals surface area contributed by atoms with Crippen LogP contribution in [0.2, 0.25) is 0 Å². The number of carbonyl (C=O) groups excluding carboxylic acids is 1. The highest BCUT2D eigenvalue weighted by Crippen LogP contribution is 2.42. The Balaban J connectivity index is 2.66. The number of amides is 1. The second kappa shape index (κ2) is 6.34. The summed E-state index contributed by atoms with van der Waals surface area (Å²) in [7, 11) is 0. The molecule has 1 amide bonds. The van der Waals surface area contributed by atoms with Crippen LogP contribution in [0.1, 0.15) is 52.4 Å². The highest BCUT2D eigenvalue weighted by atomic mass is 32.1. The van der Waals surface area contributed by atoms with E-state index in [-0.39, 0.29) is 5.41 Å². The van der Waals surface area contributed by atoms with Crippen LogP contribution in [0.25, 0.3) is 0 Å². The zero-order valence-electron chi connectivity index (χ0n) is 11.0. The first-order valence-electron chi connectivity index (χ1n) is 6.63. The smallest absolute Gasteiger partial charge is 0.228 e. The molecule has 0 atom stereocenters. The molecule has 98 valence electrons. The quantitative estimate of drug-likeness (QED) is 0.743. The molecule has 0 radical (unpaired) electrons. The van der Waals surface area contributed by atoms with Gasteiger partial charge in [0, 0.05) is 24.9 Å². The van der Waals surface area contributed by atoms with Gasteiger partial charge in [-0.25, -0.2) is 0 Å². The summed E-state index contributed by atoms with van der Waals surface area (Å²) in [5, 5.41) is 0. The molecule has 1 aliphatic rings. The van der Waals surface area contributed by atoms with E-state index in [2.05, 4.69) is 6.92 Å². The molecule has 0 aromatic heterocycles. The summed E-state index contributed by atoms with van der Waals surface area (Å²) in [6.45, 7) is 5.58. The maximum absolute atomic E-state index is 12.6. The largest absolute Gasteiger partial charge is 0.393 e. The van der Waals surface area contributed by atoms with Crippen LogP contribution in [-0.4, -0.2) is 28.9 Å². The van der Waals surface area contributed by atoms with Crippen molar-refractivity contribution in [3.8, 4) is 0 Å². The molecule has 0 aliphatic heterocycles. The Morgan fingerprint density at radius 2 is 1.94 bits per heavy atom. The van der Waals surface area contributed by atoms with Crippen molar-refractivity contribution in [1.82, 2.24) is 4.90 Å². The third kappa shape index (κ3) is 3.41. The lowest BCUT2D eigenvalue weighted by Gasteiger charge is -2.33. The Morgan fingerprint density at radius 3 is 2.35 bits per heavy atom. The first-order chi connectivity index (χ1) is 8.05. The molecule has 0 aromatic carbocycles. The highest BCUT2D eigenvalue weighted by Gasteiger charge is 2.41. The summed E-state index contributed by atoms with van der Waals surface area (Å²) in [6.07, 6.45) is 6.06. The fourth-order valence-corrected chi connectivity index (χ4v) is 2.85. The Kier molecular flexibility index (Phi) is 5.37. The van der Waals surface area contributed by atoms with Crippen LogP contribution in [0.5, 0.6) is 0 Å². The lowest BCUT2D eigenvalue weighted by molar-refractivity contribution is -0.141. The van der Waals surface area contributed by atoms with Crippen LogP contribution < -0.4 is 5.73 Å². The monoisotopic (exact) mass is 256 g/mol. The summed E-state index contributed by atoms with van der Waals surface area (Å²) >= 11 is 4.88. The molecule has 2 N–H and O–H groups in total. The van der Waals surface area contributed by atoms with Gasteiger partial charge in [0.25, 0.3) is 0 Å². The molecule has 0 spiro atoms. The van der Waals surface area contributed by atoms with E-state index in [1.807, 2.05) is 11.8 Å². The number of hydrogen-bond donors (Lipinski definition) is 1. The van der Waals surface area contributed by atoms with E-state index in [1.165, 1.54) is 12.8 Å². The van der Waals surface area contributed by atoms with Crippen LogP contribution in [0.4, 0.5) is 0 Å². The van der Waals surface area contributed by atoms with Gasteiger partial charge in [-0.15, -0.1) is 0 Å². The SMILES string of the molecule is CCN(CCC(N)=S)C(=O)C1(CC)CCCC1. The standard InChI is InChI=1S/C13H24N2OS/c1-3-13(8-5-6-9-13)12(16)15(4-2)10-7-11(14)17/h3-10H2,1-2H3,(H2,14,17). The average molecular weight is 256 g/mol. The Hall–Kier alpha value is -0.640. The van der Waals surface area contributed by atoms with Crippen molar-refractivity contribution in [3.63, 3.8) is 0 Å². The Labute approximate surface area is 110 Å². The lowest BCUT2D eigenvalue weighted by Crippen LogP contribution is -2.43. The van der Waals surface area contributed by atoms with Gasteiger partial charge in [0.1, 0.15) is 0 Å². The number of nitrogens with two attached hydrogens (primary N) is 1. The fraction of sp³-hybridized carbons (Fsp3) is 0.846. The molecule has 0 saturated heterocycles. The van der Waals surface area contributed by atoms with Gasteiger partial charge in [-0.05, 0) is 26.2 Å². The number of hydrogen-bond acceptors (Lipinski definition) is 2. The summed E-state index contributed by atoms with van der Waals surface area (Å²) in [5.74, 6) is 0.316. The average Bonchev–Trinajstić information content (AvgIpc) is 2.79. The van der Waals surface area contributed by atoms with Gasteiger partial charge in [0.2, 0.25) is 5.91 Å². The van der Waals surface area contributed by atoms with Gasteiger partial charge in [0.15, 0.2) is 0 Å². The lowest BCUT2D eigenvalue weighted by atomic mass is 9.82. The van der Waals surface area contributed by atoms with E-state index in [4.69, 9.17) is 18.0 Å². The maximum atomic E-state index is 12.6. The zero-order chi connectivity index (χ0) is 12.9. The van der Waals surface area contributed by atoms with Gasteiger partial charge in [-0.2, -0.15) is 0 Å². The van der Waals surface area contributed by atoms with Crippen molar-refractivity contribution in [2.45, 2.75) is 52.4 Å². The van der Waals surface area contributed by atoms with E-state index >= 15 is 0 Å². The summed E-state index contributed by atoms with van der Waals surface area (Å²) in [5.41, 5.74) is 5.42. The molecule has 1 aliphatic carbocycles. The molecule has 0 unspecified atom stereocenters. The zero-order valence-corrected chi connectivity index (χ0v) is 11.8. The molecule has 4 heteroatoms. The number of nitrogens with zero attached hydrogens (tertiary/aromatic N) is 1. The Bertz CT molecular complexity index is 285. The van der Waals surface area contributed by atoms with E-state index in [9.17, 15) is 4.79 Å². The molecular weight excluding hydrogens is 232 g/mol. The molecule has 1 saturated carbocycles. The van der Waals surface area contributed by atoms with E-state index in [0.717, 1.165) is 25.8 Å². The second-order valence-corrected chi connectivity index (χ2v) is 5.47. The van der Waals surface area contributed by atoms with E-state index in [1.54, 1.807) is 0 Å². The van der Waals surface area contributed by atoms with Crippen LogP contribution in [0, 0.1) is 5.41 Å². The second-order valence-electron chi connectivity index (χ2n) is 4.94. The molecule has 3 nitrogen and oxygen atoms in total. The normalized spacial score (nSPS) is 18.0. The van der Waals surface area contributed by atoms with Crippen molar-refractivity contribution in [3.05, 3.63) is 0 Å². The summed E-state index contributed by atoms with van der Waals surface area (Å²) in [6, 6.07) is 0. The predicted molar refractivity (Wildman–Crippen MR) is 74.8 cm³/mol. The highest BCUT2D eigenvalue weighted by molar-refractivity contribution is 7.80.